The summed E-state index contributed by atoms with van der Waals surface area (Å²) in [6, 6.07) is 4.24. The lowest BCUT2D eigenvalue weighted by Crippen LogP contribution is -2.42. The molecule has 34 heavy (non-hydrogen) atoms. The van der Waals surface area contributed by atoms with Gasteiger partial charge in [0.1, 0.15) is 22.8 Å². The number of nitriles is 1. The summed E-state index contributed by atoms with van der Waals surface area (Å²) in [5.41, 5.74) is 2.42. The molecule has 0 spiro atoms. The van der Waals surface area contributed by atoms with E-state index in [1.807, 2.05) is 19.2 Å². The van der Waals surface area contributed by atoms with Crippen molar-refractivity contribution in [2.45, 2.75) is 32.3 Å². The van der Waals surface area contributed by atoms with Crippen molar-refractivity contribution in [2.24, 2.45) is 5.92 Å². The van der Waals surface area contributed by atoms with Crippen molar-refractivity contribution in [3.8, 4) is 6.07 Å². The summed E-state index contributed by atoms with van der Waals surface area (Å²) in [4.78, 5) is 35.3. The highest BCUT2D eigenvalue weighted by Crippen LogP contribution is 2.30. The van der Waals surface area contributed by atoms with E-state index in [0.717, 1.165) is 60.1 Å². The van der Waals surface area contributed by atoms with Crippen LogP contribution in [0.4, 0.5) is 0 Å². The topological polar surface area (TPSA) is 135 Å². The van der Waals surface area contributed by atoms with Crippen molar-refractivity contribution in [3.63, 3.8) is 0 Å². The first-order valence-electron chi connectivity index (χ1n) is 11.0. The van der Waals surface area contributed by atoms with Crippen LogP contribution >= 0.6 is 0 Å². The van der Waals surface area contributed by atoms with Gasteiger partial charge < -0.3 is 24.2 Å². The standard InChI is InChI=1S/C23H26N6O5/c1-15(33-14-34-20(31)4-3-19(30)32-2)23-27-18-13-26-22-17(6-10-25-22)21(18)29(23)28-11-7-16(5-9-24)8-12-28/h3-4,6,10,13,15-16H,5,7-8,11-12,14H2,1-2H3,(H,25,26)/b4-3+/t15-/m1/s1. The average molecular weight is 466 g/mol. The minimum atomic E-state index is -0.719. The van der Waals surface area contributed by atoms with Crippen LogP contribution < -0.4 is 5.01 Å². The number of esters is 2. The van der Waals surface area contributed by atoms with Crippen LogP contribution in [-0.4, -0.2) is 58.6 Å². The SMILES string of the molecule is COC(=O)/C=C/C(=O)OCO[C@H](C)c1nc2cnc3[nH]ccc3c2n1N1CCC(CC#N)CC1. The third-order valence-corrected chi connectivity index (χ3v) is 5.90. The molecule has 178 valence electrons. The average Bonchev–Trinajstić information content (AvgIpc) is 3.47. The molecule has 1 fully saturated rings. The zero-order chi connectivity index (χ0) is 24.1. The fourth-order valence-electron chi connectivity index (χ4n) is 4.10. The van der Waals surface area contributed by atoms with Crippen molar-refractivity contribution < 1.29 is 23.8 Å². The van der Waals surface area contributed by atoms with Crippen LogP contribution in [0.5, 0.6) is 0 Å². The Morgan fingerprint density at radius 3 is 2.82 bits per heavy atom. The number of pyridine rings is 1. The number of aromatic amines is 1. The van der Waals surface area contributed by atoms with E-state index < -0.39 is 18.0 Å². The Balaban J connectivity index is 1.56. The molecule has 4 rings (SSSR count). The van der Waals surface area contributed by atoms with Gasteiger partial charge in [0.15, 0.2) is 12.6 Å². The van der Waals surface area contributed by atoms with Crippen LogP contribution in [0.3, 0.4) is 0 Å². The maximum Gasteiger partial charge on any atom is 0.333 e. The number of nitrogens with one attached hydrogen (secondary N) is 1. The Labute approximate surface area is 195 Å². The summed E-state index contributed by atoms with van der Waals surface area (Å²) in [5.74, 6) is -0.322. The maximum atomic E-state index is 11.8. The van der Waals surface area contributed by atoms with E-state index in [4.69, 9.17) is 19.7 Å². The first kappa shape index (κ1) is 23.3. The van der Waals surface area contributed by atoms with E-state index >= 15 is 0 Å². The van der Waals surface area contributed by atoms with Gasteiger partial charge in [-0.2, -0.15) is 5.26 Å². The van der Waals surface area contributed by atoms with Gasteiger partial charge in [-0.1, -0.05) is 0 Å². The molecule has 3 aromatic rings. The third kappa shape index (κ3) is 4.87. The van der Waals surface area contributed by atoms with Crippen LogP contribution in [0.25, 0.3) is 22.1 Å². The Morgan fingerprint density at radius 1 is 1.32 bits per heavy atom. The maximum absolute atomic E-state index is 11.8. The predicted molar refractivity (Wildman–Crippen MR) is 122 cm³/mol. The number of piperidine rings is 1. The molecule has 11 nitrogen and oxygen atoms in total. The molecule has 0 aliphatic carbocycles. The highest BCUT2D eigenvalue weighted by Gasteiger charge is 2.27. The number of aromatic nitrogens is 4. The second-order valence-corrected chi connectivity index (χ2v) is 8.02. The van der Waals surface area contributed by atoms with Crippen LogP contribution in [0.2, 0.25) is 0 Å². The lowest BCUT2D eigenvalue weighted by Gasteiger charge is -2.35. The smallest absolute Gasteiger partial charge is 0.333 e. The van der Waals surface area contributed by atoms with Crippen molar-refractivity contribution in [1.82, 2.24) is 19.6 Å². The molecule has 0 saturated carbocycles. The van der Waals surface area contributed by atoms with E-state index in [-0.39, 0.29) is 6.79 Å². The zero-order valence-corrected chi connectivity index (χ0v) is 19.1. The number of fused-ring (bicyclic) bond motifs is 3. The van der Waals surface area contributed by atoms with Gasteiger partial charge in [-0.3, -0.25) is 0 Å². The quantitative estimate of drug-likeness (QED) is 0.302. The second kappa shape index (κ2) is 10.4. The lowest BCUT2D eigenvalue weighted by atomic mass is 9.95. The van der Waals surface area contributed by atoms with Gasteiger partial charge in [0.2, 0.25) is 0 Å². The number of carbonyl (C=O) groups is 2. The number of imidazole rings is 1. The van der Waals surface area contributed by atoms with Gasteiger partial charge in [-0.15, -0.1) is 0 Å². The predicted octanol–water partition coefficient (Wildman–Crippen LogP) is 2.48. The van der Waals surface area contributed by atoms with Gasteiger partial charge in [-0.25, -0.2) is 24.2 Å². The molecule has 0 amide bonds. The number of hydrogen-bond acceptors (Lipinski definition) is 9. The molecule has 0 unspecified atom stereocenters. The Kier molecular flexibility index (Phi) is 7.08. The molecule has 1 aliphatic rings. The Morgan fingerprint density at radius 2 is 2.09 bits per heavy atom. The monoisotopic (exact) mass is 466 g/mol. The van der Waals surface area contributed by atoms with Crippen LogP contribution in [-0.2, 0) is 23.8 Å². The fraction of sp³-hybridized carbons (Fsp3) is 0.435. The van der Waals surface area contributed by atoms with Gasteiger partial charge in [0.05, 0.1) is 19.4 Å². The van der Waals surface area contributed by atoms with Crippen molar-refractivity contribution in [1.29, 1.82) is 5.26 Å². The molecule has 1 atom stereocenters. The number of hydrogen-bond donors (Lipinski definition) is 1. The Bertz CT molecular complexity index is 1250. The summed E-state index contributed by atoms with van der Waals surface area (Å²) < 4.78 is 17.3. The lowest BCUT2D eigenvalue weighted by molar-refractivity contribution is -0.155. The van der Waals surface area contributed by atoms with Crippen LogP contribution in [0.15, 0.2) is 30.6 Å². The highest BCUT2D eigenvalue weighted by atomic mass is 16.7. The van der Waals surface area contributed by atoms with E-state index in [0.29, 0.717) is 18.2 Å². The van der Waals surface area contributed by atoms with Gasteiger partial charge in [-0.05, 0) is 31.7 Å². The number of methoxy groups -OCH3 is 1. The van der Waals surface area contributed by atoms with Crippen LogP contribution in [0, 0.1) is 17.2 Å². The number of ether oxygens (including phenoxy) is 3. The third-order valence-electron chi connectivity index (χ3n) is 5.90. The molecule has 1 N–H and O–H groups in total. The van der Waals surface area contributed by atoms with E-state index in [2.05, 4.69) is 30.5 Å². The molecule has 3 aromatic heterocycles. The van der Waals surface area contributed by atoms with Gasteiger partial charge in [0, 0.05) is 43.2 Å². The summed E-state index contributed by atoms with van der Waals surface area (Å²) in [6.45, 7) is 3.08. The summed E-state index contributed by atoms with van der Waals surface area (Å²) in [7, 11) is 1.22. The summed E-state index contributed by atoms with van der Waals surface area (Å²) in [6.07, 6.45) is 7.41. The number of carbonyl (C=O) groups excluding carboxylic acids is 2. The molecule has 0 radical (unpaired) electrons. The molecule has 11 heteroatoms. The van der Waals surface area contributed by atoms with Gasteiger partial charge in [0.25, 0.3) is 0 Å². The van der Waals surface area contributed by atoms with Crippen molar-refractivity contribution >= 4 is 34.0 Å². The number of H-pyrrole nitrogens is 1. The highest BCUT2D eigenvalue weighted by molar-refractivity contribution is 6.01. The molecular formula is C23H26N6O5. The molecule has 0 aromatic carbocycles. The normalized spacial score (nSPS) is 15.6. The second-order valence-electron chi connectivity index (χ2n) is 8.02. The van der Waals surface area contributed by atoms with E-state index in [9.17, 15) is 9.59 Å². The zero-order valence-electron chi connectivity index (χ0n) is 19.1. The molecule has 0 bridgehead atoms. The molecule has 1 saturated heterocycles. The minimum Gasteiger partial charge on any atom is -0.466 e. The van der Waals surface area contributed by atoms with E-state index in [1.165, 1.54) is 7.11 Å². The molecular weight excluding hydrogens is 440 g/mol. The first-order chi connectivity index (χ1) is 16.5. The van der Waals surface area contributed by atoms with Crippen molar-refractivity contribution in [3.05, 3.63) is 36.4 Å². The fourth-order valence-corrected chi connectivity index (χ4v) is 4.10. The molecule has 4 heterocycles. The molecule has 1 aliphatic heterocycles. The first-order valence-corrected chi connectivity index (χ1v) is 11.0. The minimum absolute atomic E-state index is 0.309. The van der Waals surface area contributed by atoms with Gasteiger partial charge >= 0.3 is 11.9 Å². The van der Waals surface area contributed by atoms with Crippen molar-refractivity contribution in [2.75, 3.05) is 32.0 Å². The van der Waals surface area contributed by atoms with E-state index in [1.54, 1.807) is 6.20 Å². The Hall–Kier alpha value is -3.91. The number of nitrogens with zero attached hydrogens (tertiary/aromatic N) is 5. The summed E-state index contributed by atoms with van der Waals surface area (Å²) in [5, 5.41) is 12.2. The number of rotatable bonds is 8. The van der Waals surface area contributed by atoms with Crippen LogP contribution in [0.1, 0.15) is 38.1 Å². The largest absolute Gasteiger partial charge is 0.466 e. The summed E-state index contributed by atoms with van der Waals surface area (Å²) >= 11 is 0.